The highest BCUT2D eigenvalue weighted by Crippen LogP contribution is 2.49. The lowest BCUT2D eigenvalue weighted by molar-refractivity contribution is -0.192. The number of ether oxygens (including phenoxy) is 10. The molecule has 4 saturated heterocycles. The molecule has 4 saturated carbocycles. The summed E-state index contributed by atoms with van der Waals surface area (Å²) in [6, 6.07) is -0.00242. The van der Waals surface area contributed by atoms with Crippen molar-refractivity contribution in [1.82, 2.24) is 16.0 Å². The van der Waals surface area contributed by atoms with Crippen molar-refractivity contribution in [2.24, 2.45) is 53.1 Å². The molecule has 2 amide bonds. The first-order valence-electron chi connectivity index (χ1n) is 47.3. The van der Waals surface area contributed by atoms with Crippen molar-refractivity contribution in [1.29, 1.82) is 0 Å². The van der Waals surface area contributed by atoms with Crippen LogP contribution in [0.2, 0.25) is 0 Å². The average molecular weight is 1870 g/mol. The van der Waals surface area contributed by atoms with Gasteiger partial charge in [-0.15, -0.1) is 0 Å². The Morgan fingerprint density at radius 2 is 0.889 bits per heavy atom. The fraction of sp³-hybridized carbons (Fsp3) is 0.863. The summed E-state index contributed by atoms with van der Waals surface area (Å²) >= 11 is 2.94. The number of unbranched alkanes of at least 4 members (excludes halogenated alkanes) is 11. The fourth-order valence-corrected chi connectivity index (χ4v) is 19.0. The van der Waals surface area contributed by atoms with Gasteiger partial charge in [-0.3, -0.25) is 24.5 Å². The number of aliphatic hydroxyl groups is 5. The lowest BCUT2D eigenvalue weighted by Gasteiger charge is -2.41. The molecule has 4 heterocycles. The first-order chi connectivity index (χ1) is 59.7. The molecular weight excluding hydrogens is 1700 g/mol. The lowest BCUT2D eigenvalue weighted by Crippen LogP contribution is -2.56. The zero-order chi connectivity index (χ0) is 94.1. The van der Waals surface area contributed by atoms with E-state index < -0.39 is 59.1 Å². The minimum Gasteiger partial charge on any atom is -0.475 e. The first-order valence-corrected chi connectivity index (χ1v) is 48.8. The summed E-state index contributed by atoms with van der Waals surface area (Å²) in [5.74, 6) is -0.648. The molecule has 8 fully saturated rings. The maximum absolute atomic E-state index is 12.6. The molecule has 31 heteroatoms. The molecule has 9 unspecified atom stereocenters. The van der Waals surface area contributed by atoms with E-state index >= 15 is 0 Å². The number of piperidine rings is 1. The van der Waals surface area contributed by atoms with Gasteiger partial charge < -0.3 is 94.4 Å². The molecule has 11 N–H and O–H groups in total. The quantitative estimate of drug-likeness (QED) is 0.00890. The summed E-state index contributed by atoms with van der Waals surface area (Å²) in [5, 5.41) is 69.2. The van der Waals surface area contributed by atoms with E-state index in [1.807, 2.05) is 47.4 Å². The van der Waals surface area contributed by atoms with E-state index in [9.17, 15) is 67.5 Å². The topological polar surface area (TPSA) is 395 Å². The SMILES string of the molecule is CBr.CCCCCC(=O)CC[C@H]1C(N)CC(O)[C@@H]1C/C=C\CCCC(=O)OC.CCCCCC1(CC[C@H]2C(NC(=O)OC(C)(C)C)CC(O)[C@@H]2C/C=C\CCCC(=O)OC)OCCO1.CCCCCC1(CC[C@H]2C(NC(=O)OC(C)(C)C)CC3OC(O)C[C@@H]32)OCCO1.CCCCCC1(O)CC[C@H]2[C@@H](CC(O)[C@@H]2C/C=C\CCCC(=O)OC)N1.O=C(O)C(F)(F)F. The van der Waals surface area contributed by atoms with Crippen molar-refractivity contribution in [3.8, 4) is 0 Å². The molecule has 0 bridgehead atoms. The zero-order valence-corrected chi connectivity index (χ0v) is 80.4. The van der Waals surface area contributed by atoms with Crippen LogP contribution in [0.15, 0.2) is 36.5 Å². The van der Waals surface area contributed by atoms with Gasteiger partial charge in [0.2, 0.25) is 0 Å². The summed E-state index contributed by atoms with van der Waals surface area (Å²) in [7, 11) is 4.22. The molecule has 126 heavy (non-hydrogen) atoms. The van der Waals surface area contributed by atoms with Gasteiger partial charge in [-0.05, 0) is 242 Å². The third kappa shape index (κ3) is 44.5. The number of aliphatic carboxylic acids is 1. The number of fused-ring (bicyclic) bond motifs is 2. The minimum atomic E-state index is -5.08. The second-order valence-electron chi connectivity index (χ2n) is 37.3. The van der Waals surface area contributed by atoms with Gasteiger partial charge >= 0.3 is 42.2 Å². The number of nitrogens with one attached hydrogen (secondary N) is 3. The van der Waals surface area contributed by atoms with Crippen LogP contribution >= 0.6 is 15.9 Å². The second kappa shape index (κ2) is 61.0. The van der Waals surface area contributed by atoms with Gasteiger partial charge in [0, 0.05) is 88.4 Å². The van der Waals surface area contributed by atoms with Gasteiger partial charge in [0.15, 0.2) is 17.9 Å². The number of allylic oxidation sites excluding steroid dienone is 6. The highest BCUT2D eigenvalue weighted by atomic mass is 79.9. The van der Waals surface area contributed by atoms with E-state index in [4.69, 9.17) is 48.8 Å². The van der Waals surface area contributed by atoms with Crippen molar-refractivity contribution in [3.05, 3.63) is 36.5 Å². The number of carboxylic acid groups (broad SMARTS) is 1. The Kier molecular flexibility index (Phi) is 55.8. The van der Waals surface area contributed by atoms with E-state index in [0.29, 0.717) is 102 Å². The van der Waals surface area contributed by atoms with Crippen LogP contribution in [0, 0.1) is 47.3 Å². The molecule has 27 nitrogen and oxygen atoms in total. The molecule has 4 aliphatic heterocycles. The van der Waals surface area contributed by atoms with Crippen LogP contribution in [0.25, 0.3) is 0 Å². The zero-order valence-electron chi connectivity index (χ0n) is 78.8. The van der Waals surface area contributed by atoms with Crippen LogP contribution in [0.4, 0.5) is 22.8 Å². The molecule has 8 aliphatic rings. The monoisotopic (exact) mass is 1870 g/mol. The lowest BCUT2D eigenvalue weighted by atomic mass is 9.80. The molecule has 4 aliphatic carbocycles. The number of esters is 3. The van der Waals surface area contributed by atoms with Crippen LogP contribution in [0.5, 0.6) is 0 Å². The minimum absolute atomic E-state index is 0.0101. The number of amides is 2. The number of carboxylic acids is 1. The number of ketones is 1. The molecular formula is C95H166BrF3N4O23. The Morgan fingerprint density at radius 1 is 0.484 bits per heavy atom. The van der Waals surface area contributed by atoms with Gasteiger partial charge in [0.25, 0.3) is 0 Å². The number of methoxy groups -OCH3 is 3. The number of nitrogens with two attached hydrogens (primary N) is 1. The van der Waals surface area contributed by atoms with Gasteiger partial charge in [0.1, 0.15) is 22.7 Å². The first kappa shape index (κ1) is 115. The van der Waals surface area contributed by atoms with Gasteiger partial charge in [-0.2, -0.15) is 13.2 Å². The Bertz CT molecular complexity index is 3150. The van der Waals surface area contributed by atoms with E-state index in [0.717, 1.165) is 186 Å². The summed E-state index contributed by atoms with van der Waals surface area (Å²) in [4.78, 5) is 79.3. The van der Waals surface area contributed by atoms with Gasteiger partial charge in [0.05, 0.1) is 72.2 Å². The summed E-state index contributed by atoms with van der Waals surface area (Å²) < 4.78 is 86.6. The number of Topliss-reactive ketones (excluding diaryl/α,β-unsaturated/α-hetero) is 1. The number of hydrogen-bond acceptors (Lipinski definition) is 24. The molecule has 18 atom stereocenters. The number of rotatable bonds is 45. The van der Waals surface area contributed by atoms with Crippen molar-refractivity contribution in [2.45, 2.75) is 422 Å². The molecule has 0 spiro atoms. The molecule has 0 radical (unpaired) electrons. The van der Waals surface area contributed by atoms with Crippen molar-refractivity contribution >= 4 is 57.8 Å². The maximum atomic E-state index is 12.6. The Morgan fingerprint density at radius 3 is 1.33 bits per heavy atom. The predicted molar refractivity (Wildman–Crippen MR) is 481 cm³/mol. The summed E-state index contributed by atoms with van der Waals surface area (Å²) in [6.45, 7) is 22.3. The van der Waals surface area contributed by atoms with Crippen molar-refractivity contribution in [3.63, 3.8) is 0 Å². The Balaban J connectivity index is 0.000000422. The van der Waals surface area contributed by atoms with Crippen LogP contribution < -0.4 is 21.7 Å². The number of hydrogen-bond donors (Lipinski definition) is 10. The standard InChI is InChI=1S/C28H49NO7.C22H39NO6.2C21H37NO4.C2HF3O2.CH3Br/c1-6-7-12-16-28(34-18-19-35-28)17-15-21-22(13-10-8-9-11-14-25(31)33-5)24(30)20-23(21)29-26(32)36-27(2,3)4;1-5-6-7-9-22(26-11-12-27-22)10-8-15-16-13-19(24)28-18(16)14-17(15)23-20(25)29-21(2,3)4;1-3-4-9-13-21(25)14-12-16-17(19(23)15-18(16)22-21)10-7-5-6-8-11-20(24)26-2;1-3-4-7-10-16(23)13-14-17-18(20(24)15-19(17)22)11-8-5-6-9-12-21(25)26-2;3-2(4,5)1(6)7;1-2/h8,10,21-24,30H,6-7,9,11-20H2,1-5H3,(H,29,32);15-19,24H,5-14H2,1-4H3,(H,23,25);5,7,16-19,22-23,25H,3-4,6,8-15H2,1-2H3;5,8,17-20,24H,3-4,6-7,9-15,22H2,1-2H3;(H,6,7);1H3/b10-8-;;7-5-;8-5-;;/t21-,22-,23?,24?;15-,16-,17?,18?,19?;16-,17-,18-,19?,21?;17-,18-,19?,20?;;/m1111../s1. The van der Waals surface area contributed by atoms with E-state index in [-0.39, 0.29) is 108 Å². The third-order valence-corrected chi connectivity index (χ3v) is 25.4. The van der Waals surface area contributed by atoms with Crippen LogP contribution in [0.1, 0.15) is 332 Å². The fourth-order valence-electron chi connectivity index (χ4n) is 19.0. The number of carbonyl (C=O) groups excluding carboxylic acids is 6. The highest BCUT2D eigenvalue weighted by Gasteiger charge is 2.53. The van der Waals surface area contributed by atoms with Gasteiger partial charge in [-0.25, -0.2) is 14.4 Å². The normalized spacial score (nSPS) is 28.1. The Labute approximate surface area is 759 Å². The van der Waals surface area contributed by atoms with Gasteiger partial charge in [-0.1, -0.05) is 131 Å². The maximum Gasteiger partial charge on any atom is 0.490 e. The number of halogens is 4. The van der Waals surface area contributed by atoms with Crippen LogP contribution in [-0.2, 0) is 71.3 Å². The number of alkyl carbamates (subject to hydrolysis) is 2. The highest BCUT2D eigenvalue weighted by molar-refractivity contribution is 9.08. The molecule has 732 valence electrons. The number of carbonyl (C=O) groups is 7. The second-order valence-corrected chi connectivity index (χ2v) is 37.3. The predicted octanol–water partition coefficient (Wildman–Crippen LogP) is 17.5. The summed E-state index contributed by atoms with van der Waals surface area (Å²) in [6.07, 6.45) is 39.2. The molecule has 0 aromatic heterocycles. The third-order valence-electron chi connectivity index (χ3n) is 25.4. The van der Waals surface area contributed by atoms with Crippen LogP contribution in [0.3, 0.4) is 0 Å². The smallest absolute Gasteiger partial charge is 0.475 e. The van der Waals surface area contributed by atoms with E-state index in [1.54, 1.807) is 0 Å². The van der Waals surface area contributed by atoms with E-state index in [2.05, 4.69) is 110 Å². The molecule has 0 aromatic carbocycles. The largest absolute Gasteiger partial charge is 0.490 e. The molecule has 8 rings (SSSR count). The average Bonchev–Trinajstić information content (AvgIpc) is 1.63. The molecule has 0 aromatic rings. The number of aliphatic hydroxyl groups excluding tert-OH is 4. The Hall–Kier alpha value is -4.90. The van der Waals surface area contributed by atoms with Crippen molar-refractivity contribution < 1.29 is 125 Å². The van der Waals surface area contributed by atoms with Crippen LogP contribution in [-0.4, -0.2) is 216 Å². The van der Waals surface area contributed by atoms with Crippen molar-refractivity contribution in [2.75, 3.05) is 53.6 Å². The van der Waals surface area contributed by atoms with E-state index in [1.165, 1.54) is 34.2 Å². The number of alkyl halides is 4. The summed E-state index contributed by atoms with van der Waals surface area (Å²) in [5.41, 5.74) is 4.36.